The lowest BCUT2D eigenvalue weighted by Gasteiger charge is -2.21. The average molecular weight is 270 g/mol. The van der Waals surface area contributed by atoms with Crippen LogP contribution < -0.4 is 5.32 Å². The summed E-state index contributed by atoms with van der Waals surface area (Å²) in [5.41, 5.74) is 1.48. The molecule has 0 radical (unpaired) electrons. The third kappa shape index (κ3) is 2.55. The van der Waals surface area contributed by atoms with Crippen molar-refractivity contribution in [3.05, 3.63) is 36.8 Å². The van der Waals surface area contributed by atoms with Crippen LogP contribution >= 0.6 is 0 Å². The number of rotatable bonds is 3. The molecular weight excluding hydrogens is 248 g/mol. The van der Waals surface area contributed by atoms with Crippen LogP contribution in [0.5, 0.6) is 0 Å². The third-order valence-corrected chi connectivity index (χ3v) is 4.18. The summed E-state index contributed by atoms with van der Waals surface area (Å²) in [7, 11) is 0. The summed E-state index contributed by atoms with van der Waals surface area (Å²) in [6.45, 7) is 7.03. The Kier molecular flexibility index (Phi) is 3.24. The number of pyridine rings is 1. The van der Waals surface area contributed by atoms with Gasteiger partial charge in [0, 0.05) is 24.6 Å². The topological polar surface area (TPSA) is 42.7 Å². The molecule has 3 rings (SSSR count). The first-order valence-electron chi connectivity index (χ1n) is 7.27. The number of aromatic nitrogens is 3. The molecule has 4 heteroatoms. The van der Waals surface area contributed by atoms with Crippen LogP contribution in [0.3, 0.4) is 0 Å². The summed E-state index contributed by atoms with van der Waals surface area (Å²) in [5, 5.41) is 7.96. The van der Waals surface area contributed by atoms with Gasteiger partial charge in [0.25, 0.3) is 0 Å². The zero-order chi connectivity index (χ0) is 14.2. The lowest BCUT2D eigenvalue weighted by atomic mass is 9.91. The van der Waals surface area contributed by atoms with E-state index in [1.807, 2.05) is 29.2 Å². The monoisotopic (exact) mass is 270 g/mol. The van der Waals surface area contributed by atoms with Gasteiger partial charge in [0.15, 0.2) is 5.82 Å². The van der Waals surface area contributed by atoms with Gasteiger partial charge >= 0.3 is 0 Å². The number of anilines is 1. The van der Waals surface area contributed by atoms with E-state index in [4.69, 9.17) is 0 Å². The Labute approximate surface area is 120 Å². The first-order chi connectivity index (χ1) is 9.55. The Bertz CT molecular complexity index is 574. The molecule has 2 aromatic rings. The van der Waals surface area contributed by atoms with E-state index in [0.717, 1.165) is 11.5 Å². The average Bonchev–Trinajstić information content (AvgIpc) is 2.99. The quantitative estimate of drug-likeness (QED) is 0.928. The van der Waals surface area contributed by atoms with E-state index in [-0.39, 0.29) is 0 Å². The fourth-order valence-electron chi connectivity index (χ4n) is 3.37. The second-order valence-electron chi connectivity index (χ2n) is 6.63. The molecule has 1 aliphatic rings. The molecule has 0 spiro atoms. The summed E-state index contributed by atoms with van der Waals surface area (Å²) in [5.74, 6) is 1.55. The van der Waals surface area contributed by atoms with E-state index in [9.17, 15) is 0 Å². The molecule has 1 saturated carbocycles. The highest BCUT2D eigenvalue weighted by Crippen LogP contribution is 2.42. The van der Waals surface area contributed by atoms with E-state index in [1.54, 1.807) is 6.20 Å². The predicted octanol–water partition coefficient (Wildman–Crippen LogP) is 3.50. The minimum absolute atomic E-state index is 0.422. The highest BCUT2D eigenvalue weighted by atomic mass is 15.3. The smallest absolute Gasteiger partial charge is 0.176 e. The minimum Gasteiger partial charge on any atom is -0.379 e. The molecule has 0 aliphatic heterocycles. The first kappa shape index (κ1) is 13.2. The van der Waals surface area contributed by atoms with Crippen LogP contribution in [0.2, 0.25) is 0 Å². The molecule has 0 aromatic carbocycles. The van der Waals surface area contributed by atoms with Crippen LogP contribution in [0.1, 0.15) is 33.6 Å². The molecule has 1 N–H and O–H groups in total. The molecule has 2 atom stereocenters. The number of hydrogen-bond donors (Lipinski definition) is 1. The van der Waals surface area contributed by atoms with Crippen molar-refractivity contribution >= 4 is 5.69 Å². The van der Waals surface area contributed by atoms with Gasteiger partial charge in [0.2, 0.25) is 0 Å². The summed E-state index contributed by atoms with van der Waals surface area (Å²) in [6, 6.07) is 6.48. The Morgan fingerprint density at radius 3 is 2.75 bits per heavy atom. The van der Waals surface area contributed by atoms with Crippen molar-refractivity contribution in [1.82, 2.24) is 14.8 Å². The maximum atomic E-state index is 4.46. The summed E-state index contributed by atoms with van der Waals surface area (Å²) in [4.78, 5) is 4.46. The zero-order valence-electron chi connectivity index (χ0n) is 12.4. The van der Waals surface area contributed by atoms with E-state index in [2.05, 4.69) is 42.2 Å². The van der Waals surface area contributed by atoms with Gasteiger partial charge in [-0.05, 0) is 42.4 Å². The summed E-state index contributed by atoms with van der Waals surface area (Å²) in [6.07, 6.45) is 7.98. The van der Waals surface area contributed by atoms with Gasteiger partial charge in [-0.25, -0.2) is 9.67 Å². The van der Waals surface area contributed by atoms with Gasteiger partial charge in [-0.2, -0.15) is 5.10 Å². The Morgan fingerprint density at radius 1 is 1.25 bits per heavy atom. The van der Waals surface area contributed by atoms with Gasteiger partial charge in [0.1, 0.15) is 0 Å². The maximum Gasteiger partial charge on any atom is 0.176 e. The standard InChI is InChI=1S/C16H22N4/c1-12-10-16(2,3)11-14(12)19-13-6-4-7-17-15(13)20-9-5-8-18-20/h4-9,12,14,19H,10-11H2,1-3H3. The first-order valence-corrected chi connectivity index (χ1v) is 7.27. The molecule has 1 aliphatic carbocycles. The van der Waals surface area contributed by atoms with E-state index in [0.29, 0.717) is 17.4 Å². The molecule has 106 valence electrons. The van der Waals surface area contributed by atoms with Gasteiger partial charge < -0.3 is 5.32 Å². The van der Waals surface area contributed by atoms with E-state index in [1.165, 1.54) is 12.8 Å². The van der Waals surface area contributed by atoms with Crippen LogP contribution in [-0.4, -0.2) is 20.8 Å². The van der Waals surface area contributed by atoms with Crippen molar-refractivity contribution in [1.29, 1.82) is 0 Å². The van der Waals surface area contributed by atoms with Gasteiger partial charge in [-0.15, -0.1) is 0 Å². The molecule has 2 unspecified atom stereocenters. The summed E-state index contributed by atoms with van der Waals surface area (Å²) >= 11 is 0. The van der Waals surface area contributed by atoms with Crippen molar-refractivity contribution < 1.29 is 0 Å². The minimum atomic E-state index is 0.422. The Morgan fingerprint density at radius 2 is 2.10 bits per heavy atom. The second kappa shape index (κ2) is 4.93. The van der Waals surface area contributed by atoms with Crippen LogP contribution in [-0.2, 0) is 0 Å². The SMILES string of the molecule is CC1CC(C)(C)CC1Nc1cccnc1-n1cccn1. The van der Waals surface area contributed by atoms with Gasteiger partial charge in [-0.3, -0.25) is 0 Å². The van der Waals surface area contributed by atoms with Crippen LogP contribution in [0, 0.1) is 11.3 Å². The lowest BCUT2D eigenvalue weighted by molar-refractivity contribution is 0.366. The highest BCUT2D eigenvalue weighted by Gasteiger charge is 2.36. The normalized spacial score (nSPS) is 24.8. The number of nitrogens with one attached hydrogen (secondary N) is 1. The molecule has 2 heterocycles. The molecule has 0 bridgehead atoms. The lowest BCUT2D eigenvalue weighted by Crippen LogP contribution is -2.23. The zero-order valence-corrected chi connectivity index (χ0v) is 12.4. The van der Waals surface area contributed by atoms with Crippen LogP contribution in [0.15, 0.2) is 36.8 Å². The fourth-order valence-corrected chi connectivity index (χ4v) is 3.37. The molecule has 0 saturated heterocycles. The second-order valence-corrected chi connectivity index (χ2v) is 6.63. The Balaban J connectivity index is 1.85. The van der Waals surface area contributed by atoms with Gasteiger partial charge in [-0.1, -0.05) is 20.8 Å². The predicted molar refractivity (Wildman–Crippen MR) is 80.9 cm³/mol. The molecule has 20 heavy (non-hydrogen) atoms. The molecule has 1 fully saturated rings. The molecule has 4 nitrogen and oxygen atoms in total. The number of hydrogen-bond acceptors (Lipinski definition) is 3. The van der Waals surface area contributed by atoms with Crippen molar-refractivity contribution in [2.75, 3.05) is 5.32 Å². The van der Waals surface area contributed by atoms with Gasteiger partial charge in [0.05, 0.1) is 5.69 Å². The van der Waals surface area contributed by atoms with Crippen LogP contribution in [0.4, 0.5) is 5.69 Å². The van der Waals surface area contributed by atoms with Crippen molar-refractivity contribution in [3.63, 3.8) is 0 Å². The Hall–Kier alpha value is -1.84. The van der Waals surface area contributed by atoms with E-state index < -0.39 is 0 Å². The molecule has 2 aromatic heterocycles. The maximum absolute atomic E-state index is 4.46. The molecular formula is C16H22N4. The highest BCUT2D eigenvalue weighted by molar-refractivity contribution is 5.57. The van der Waals surface area contributed by atoms with Crippen LogP contribution in [0.25, 0.3) is 5.82 Å². The van der Waals surface area contributed by atoms with Crippen molar-refractivity contribution in [2.24, 2.45) is 11.3 Å². The third-order valence-electron chi connectivity index (χ3n) is 4.18. The molecule has 0 amide bonds. The fraction of sp³-hybridized carbons (Fsp3) is 0.500. The van der Waals surface area contributed by atoms with Crippen molar-refractivity contribution in [2.45, 2.75) is 39.7 Å². The number of nitrogens with zero attached hydrogens (tertiary/aromatic N) is 3. The largest absolute Gasteiger partial charge is 0.379 e. The van der Waals surface area contributed by atoms with Crippen molar-refractivity contribution in [3.8, 4) is 5.82 Å². The van der Waals surface area contributed by atoms with E-state index >= 15 is 0 Å². The summed E-state index contributed by atoms with van der Waals surface area (Å²) < 4.78 is 1.81.